The summed E-state index contributed by atoms with van der Waals surface area (Å²) in [5.41, 5.74) is -9.06. The summed E-state index contributed by atoms with van der Waals surface area (Å²) in [6, 6.07) is 21.3. The third-order valence-corrected chi connectivity index (χ3v) is 8.37. The zero-order valence-corrected chi connectivity index (χ0v) is 26.0. The minimum absolute atomic E-state index is 0.263. The minimum Gasteiger partial charge on any atom is -0.241 e. The first-order valence-corrected chi connectivity index (χ1v) is 14.4. The average molecular weight is 685 g/mol. The van der Waals surface area contributed by atoms with Crippen molar-refractivity contribution < 1.29 is 0 Å². The molecule has 0 aliphatic heterocycles. The minimum atomic E-state index is -0.474. The lowest BCUT2D eigenvalue weighted by molar-refractivity contribution is 1.29. The lowest BCUT2D eigenvalue weighted by atomic mass is 9.94. The van der Waals surface area contributed by atoms with Crippen molar-refractivity contribution in [3.63, 3.8) is 0 Å². The van der Waals surface area contributed by atoms with Gasteiger partial charge in [0.15, 0.2) is 0 Å². The van der Waals surface area contributed by atoms with E-state index in [1.54, 1.807) is 36.4 Å². The topological polar surface area (TPSA) is 363 Å². The molecule has 0 saturated heterocycles. The van der Waals surface area contributed by atoms with Gasteiger partial charge in [0, 0.05) is 0 Å². The average Bonchev–Trinajstić information content (AvgIpc) is 3.21. The van der Waals surface area contributed by atoms with E-state index in [0.29, 0.717) is 0 Å². The van der Waals surface area contributed by atoms with Gasteiger partial charge in [0.1, 0.15) is 139 Å². The number of nitrogens with zero attached hydrogens (tertiary/aromatic N) is 18. The molecule has 18 heteroatoms. The second-order valence-electron chi connectivity index (χ2n) is 10.7. The van der Waals surface area contributed by atoms with Crippen LogP contribution in [0.5, 0.6) is 0 Å². The summed E-state index contributed by atoms with van der Waals surface area (Å²) >= 11 is 0. The first-order chi connectivity index (χ1) is 26.3. The van der Waals surface area contributed by atoms with Gasteiger partial charge in [-0.1, -0.05) is 0 Å². The zero-order valence-electron chi connectivity index (χ0n) is 26.0. The predicted molar refractivity (Wildman–Crippen MR) is 175 cm³/mol. The molecule has 0 radical (unpaired) electrons. The number of aromatic nitrogens is 6. The molecular formula is C36N18. The summed E-state index contributed by atoms with van der Waals surface area (Å²) in [4.78, 5) is 27.4. The van der Waals surface area contributed by atoms with Gasteiger partial charge in [-0.2, -0.15) is 63.1 Å². The second kappa shape index (κ2) is 11.6. The van der Waals surface area contributed by atoms with E-state index in [2.05, 4.69) is 29.9 Å². The number of hydrogen-bond donors (Lipinski definition) is 0. The van der Waals surface area contributed by atoms with Crippen molar-refractivity contribution in [1.29, 1.82) is 63.1 Å². The van der Waals surface area contributed by atoms with E-state index in [1.807, 2.05) is 36.4 Å². The van der Waals surface area contributed by atoms with Gasteiger partial charge in [-0.05, 0) is 0 Å². The fourth-order valence-corrected chi connectivity index (χ4v) is 6.13. The molecule has 7 rings (SSSR count). The molecule has 3 aromatic heterocycles. The fourth-order valence-electron chi connectivity index (χ4n) is 6.13. The molecule has 0 atom stereocenters. The maximum atomic E-state index is 10.1. The molecule has 0 amide bonds. The van der Waals surface area contributed by atoms with Crippen LogP contribution in [0, 0.1) is 136 Å². The van der Waals surface area contributed by atoms with Gasteiger partial charge in [-0.3, -0.25) is 0 Å². The highest BCUT2D eigenvalue weighted by atomic mass is 14.9. The van der Waals surface area contributed by atoms with Crippen LogP contribution in [0.1, 0.15) is 66.8 Å². The number of benzene rings is 4. The number of rotatable bonds is 0. The van der Waals surface area contributed by atoms with Crippen molar-refractivity contribution in [2.45, 2.75) is 0 Å². The molecule has 0 unspecified atom stereocenters. The maximum Gasteiger partial charge on any atom is 0.120 e. The Morgan fingerprint density at radius 3 is 0.370 bits per heavy atom. The van der Waals surface area contributed by atoms with Crippen molar-refractivity contribution in [2.75, 3.05) is 0 Å². The van der Waals surface area contributed by atoms with Gasteiger partial charge in [-0.15, -0.1) is 0 Å². The fraction of sp³-hybridized carbons (Fsp3) is 0. The molecule has 7 aromatic rings. The third-order valence-electron chi connectivity index (χ3n) is 8.37. The molecule has 0 saturated carbocycles. The summed E-state index contributed by atoms with van der Waals surface area (Å²) in [6.45, 7) is 0. The molecule has 0 spiro atoms. The van der Waals surface area contributed by atoms with E-state index < -0.39 is 66.8 Å². The summed E-state index contributed by atoms with van der Waals surface area (Å²) in [5, 5.41) is 120. The normalized spacial score (nSPS) is 10.0. The smallest absolute Gasteiger partial charge is 0.120 e. The van der Waals surface area contributed by atoms with Crippen LogP contribution in [0.15, 0.2) is 0 Å². The lowest BCUT2D eigenvalue weighted by Crippen LogP contribution is -2.06. The standard InChI is InChI=1S/C36N18/c37-1-13-14(2-38)20(8-44)26-25(19(13)7-43)49-31-32(50-26)34-36(54-30-24(12-48)18(6-42)17(5-41)23(11-47)29(30)52-34)35-33(31)51-27-21(9-45)15(3-39)16(4-40)22(10-46)28(27)53-35. The first kappa shape index (κ1) is 32.1. The van der Waals surface area contributed by atoms with E-state index in [1.165, 1.54) is 0 Å². The Hall–Kier alpha value is -10.4. The van der Waals surface area contributed by atoms with Crippen LogP contribution >= 0.6 is 0 Å². The van der Waals surface area contributed by atoms with Crippen molar-refractivity contribution in [3.05, 3.63) is 66.8 Å². The number of fused-ring (bicyclic) bond motifs is 9. The summed E-state index contributed by atoms with van der Waals surface area (Å²) in [7, 11) is 0. The Morgan fingerprint density at radius 2 is 0.278 bits per heavy atom. The van der Waals surface area contributed by atoms with Crippen LogP contribution in [0.4, 0.5) is 0 Å². The third kappa shape index (κ3) is 3.83. The molecule has 0 aliphatic rings. The van der Waals surface area contributed by atoms with Crippen molar-refractivity contribution >= 4 is 66.2 Å². The first-order valence-electron chi connectivity index (χ1n) is 14.4. The van der Waals surface area contributed by atoms with Gasteiger partial charge in [0.2, 0.25) is 0 Å². The van der Waals surface area contributed by atoms with Gasteiger partial charge in [-0.25, -0.2) is 29.9 Å². The van der Waals surface area contributed by atoms with E-state index in [9.17, 15) is 63.1 Å². The Bertz CT molecular complexity index is 2990. The largest absolute Gasteiger partial charge is 0.241 e. The van der Waals surface area contributed by atoms with E-state index in [0.717, 1.165) is 0 Å². The van der Waals surface area contributed by atoms with Gasteiger partial charge in [0.25, 0.3) is 0 Å². The monoisotopic (exact) mass is 684 g/mol. The van der Waals surface area contributed by atoms with Crippen molar-refractivity contribution in [2.24, 2.45) is 0 Å². The Kier molecular flexibility index (Phi) is 6.91. The molecule has 234 valence electrons. The zero-order chi connectivity index (χ0) is 38.6. The summed E-state index contributed by atoms with van der Waals surface area (Å²) in [5.74, 6) is 0. The van der Waals surface area contributed by atoms with Gasteiger partial charge >= 0.3 is 0 Å². The van der Waals surface area contributed by atoms with E-state index in [-0.39, 0.29) is 66.2 Å². The molecule has 54 heavy (non-hydrogen) atoms. The van der Waals surface area contributed by atoms with Crippen LogP contribution in [0.3, 0.4) is 0 Å². The lowest BCUT2D eigenvalue weighted by Gasteiger charge is -2.14. The highest BCUT2D eigenvalue weighted by Crippen LogP contribution is 2.38. The molecule has 18 nitrogen and oxygen atoms in total. The molecule has 0 aliphatic carbocycles. The molecule has 0 N–H and O–H groups in total. The molecular weight excluding hydrogens is 685 g/mol. The van der Waals surface area contributed by atoms with Crippen LogP contribution in [0.2, 0.25) is 0 Å². The van der Waals surface area contributed by atoms with Crippen LogP contribution in [0.25, 0.3) is 66.2 Å². The highest BCUT2D eigenvalue weighted by Gasteiger charge is 2.29. The van der Waals surface area contributed by atoms with Crippen molar-refractivity contribution in [3.8, 4) is 72.8 Å². The number of nitriles is 12. The van der Waals surface area contributed by atoms with Gasteiger partial charge < -0.3 is 0 Å². The highest BCUT2D eigenvalue weighted by molar-refractivity contribution is 6.22. The Labute approximate surface area is 298 Å². The molecule has 0 fully saturated rings. The number of hydrogen-bond acceptors (Lipinski definition) is 18. The molecule has 3 heterocycles. The van der Waals surface area contributed by atoms with E-state index in [4.69, 9.17) is 0 Å². The second-order valence-corrected chi connectivity index (χ2v) is 10.7. The Morgan fingerprint density at radius 1 is 0.167 bits per heavy atom. The predicted octanol–water partition coefficient (Wildman–Crippen LogP) is 3.44. The summed E-state index contributed by atoms with van der Waals surface area (Å²) < 4.78 is 0. The van der Waals surface area contributed by atoms with Crippen LogP contribution in [-0.4, -0.2) is 29.9 Å². The van der Waals surface area contributed by atoms with E-state index >= 15 is 0 Å². The van der Waals surface area contributed by atoms with Crippen LogP contribution in [-0.2, 0) is 0 Å². The SMILES string of the molecule is N#Cc1c(C#N)c(C#N)c2nc3c(nc2c1C#N)c1nc2c(C#N)c(C#N)c(C#N)c(C#N)c2nc1c1nc2c(C#N)c(C#N)c(C#N)c(C#N)c2nc31. The van der Waals surface area contributed by atoms with Crippen LogP contribution < -0.4 is 0 Å². The maximum absolute atomic E-state index is 10.1. The van der Waals surface area contributed by atoms with Gasteiger partial charge in [0.05, 0.1) is 66.8 Å². The van der Waals surface area contributed by atoms with Crippen molar-refractivity contribution in [1.82, 2.24) is 29.9 Å². The quantitative estimate of drug-likeness (QED) is 0.163. The summed E-state index contributed by atoms with van der Waals surface area (Å²) in [6.07, 6.45) is 0. The molecule has 4 aromatic carbocycles. The Balaban J connectivity index is 1.93. The molecule has 0 bridgehead atoms.